The molecule has 1 aromatic carbocycles. The first-order valence-electron chi connectivity index (χ1n) is 9.03. The Hall–Kier alpha value is -1.16. The quantitative estimate of drug-likeness (QED) is 0.812. The first-order valence-corrected chi connectivity index (χ1v) is 9.03. The molecule has 2 atom stereocenters. The van der Waals surface area contributed by atoms with Crippen molar-refractivity contribution in [1.82, 2.24) is 5.32 Å². The van der Waals surface area contributed by atoms with E-state index in [2.05, 4.69) is 48.6 Å². The van der Waals surface area contributed by atoms with E-state index < -0.39 is 0 Å². The van der Waals surface area contributed by atoms with Gasteiger partial charge in [0.15, 0.2) is 0 Å². The van der Waals surface area contributed by atoms with E-state index in [9.17, 15) is 0 Å². The average Bonchev–Trinajstić information content (AvgIpc) is 3.39. The van der Waals surface area contributed by atoms with Crippen molar-refractivity contribution in [2.75, 3.05) is 26.3 Å². The van der Waals surface area contributed by atoms with Crippen molar-refractivity contribution in [1.29, 1.82) is 0 Å². The highest BCUT2D eigenvalue weighted by atomic mass is 16.5. The Kier molecular flexibility index (Phi) is 5.52. The predicted octanol–water partition coefficient (Wildman–Crippen LogP) is 3.21. The third kappa shape index (κ3) is 4.23. The second-order valence-corrected chi connectivity index (χ2v) is 7.13. The molecule has 0 radical (unpaired) electrons. The Morgan fingerprint density at radius 1 is 1.30 bits per heavy atom. The molecular formula is C20H30N2O. The molecule has 1 unspecified atom stereocenters. The first kappa shape index (κ1) is 16.7. The highest BCUT2D eigenvalue weighted by molar-refractivity contribution is 5.54. The van der Waals surface area contributed by atoms with E-state index >= 15 is 0 Å². The van der Waals surface area contributed by atoms with Crippen LogP contribution < -0.4 is 11.1 Å². The Bertz CT molecular complexity index is 520. The molecule has 1 aromatic rings. The molecule has 1 aliphatic heterocycles. The highest BCUT2D eigenvalue weighted by Gasteiger charge is 2.41. The van der Waals surface area contributed by atoms with Gasteiger partial charge in [0, 0.05) is 25.8 Å². The number of nitrogens with one attached hydrogen (secondary N) is 1. The summed E-state index contributed by atoms with van der Waals surface area (Å²) in [5.41, 5.74) is 9.20. The number of hydrogen-bond donors (Lipinski definition) is 2. The topological polar surface area (TPSA) is 47.3 Å². The Morgan fingerprint density at radius 2 is 2.04 bits per heavy atom. The highest BCUT2D eigenvalue weighted by Crippen LogP contribution is 2.40. The van der Waals surface area contributed by atoms with Crippen molar-refractivity contribution < 1.29 is 4.74 Å². The van der Waals surface area contributed by atoms with E-state index in [0.29, 0.717) is 12.0 Å². The molecule has 0 spiro atoms. The Balaban J connectivity index is 1.55. The van der Waals surface area contributed by atoms with Gasteiger partial charge in [-0.15, -0.1) is 0 Å². The predicted molar refractivity (Wildman–Crippen MR) is 96.1 cm³/mol. The van der Waals surface area contributed by atoms with Gasteiger partial charge < -0.3 is 15.8 Å². The minimum absolute atomic E-state index is 0.251. The van der Waals surface area contributed by atoms with Crippen LogP contribution in [-0.4, -0.2) is 32.3 Å². The van der Waals surface area contributed by atoms with Gasteiger partial charge in [0.25, 0.3) is 0 Å². The number of rotatable bonds is 7. The van der Waals surface area contributed by atoms with Gasteiger partial charge in [-0.1, -0.05) is 48.9 Å². The van der Waals surface area contributed by atoms with Crippen LogP contribution in [0.1, 0.15) is 38.2 Å². The van der Waals surface area contributed by atoms with Crippen LogP contribution in [0.15, 0.2) is 35.9 Å². The van der Waals surface area contributed by atoms with Gasteiger partial charge in [-0.3, -0.25) is 0 Å². The molecule has 1 aliphatic carbocycles. The van der Waals surface area contributed by atoms with E-state index in [4.69, 9.17) is 10.5 Å². The van der Waals surface area contributed by atoms with Crippen LogP contribution in [0.5, 0.6) is 0 Å². The van der Waals surface area contributed by atoms with Crippen LogP contribution in [0.3, 0.4) is 0 Å². The maximum atomic E-state index is 6.06. The summed E-state index contributed by atoms with van der Waals surface area (Å²) >= 11 is 0. The summed E-state index contributed by atoms with van der Waals surface area (Å²) in [5, 5.41) is 3.79. The number of ether oxygens (including phenoxy) is 1. The summed E-state index contributed by atoms with van der Waals surface area (Å²) < 4.78 is 5.50. The van der Waals surface area contributed by atoms with E-state index in [1.54, 1.807) is 5.57 Å². The molecule has 1 saturated heterocycles. The maximum absolute atomic E-state index is 6.06. The summed E-state index contributed by atoms with van der Waals surface area (Å²) in [5.74, 6) is 0.704. The molecule has 3 nitrogen and oxygen atoms in total. The fourth-order valence-electron chi connectivity index (χ4n) is 3.67. The zero-order valence-electron chi connectivity index (χ0n) is 14.3. The van der Waals surface area contributed by atoms with Gasteiger partial charge in [-0.05, 0) is 49.1 Å². The lowest BCUT2D eigenvalue weighted by atomic mass is 9.80. The summed E-state index contributed by atoms with van der Waals surface area (Å²) in [6.45, 7) is 5.80. The normalized spacial score (nSPS) is 27.0. The van der Waals surface area contributed by atoms with Gasteiger partial charge in [0.1, 0.15) is 0 Å². The maximum Gasteiger partial charge on any atom is 0.0472 e. The number of nitrogens with two attached hydrogens (primary N) is 1. The Labute approximate surface area is 140 Å². The minimum Gasteiger partial charge on any atom is -0.381 e. The molecule has 2 aliphatic rings. The minimum atomic E-state index is 0.251. The van der Waals surface area contributed by atoms with Crippen molar-refractivity contribution in [2.45, 2.75) is 38.6 Å². The third-order valence-electron chi connectivity index (χ3n) is 5.55. The van der Waals surface area contributed by atoms with Crippen LogP contribution in [0.4, 0.5) is 0 Å². The zero-order chi connectivity index (χ0) is 16.1. The van der Waals surface area contributed by atoms with Crippen molar-refractivity contribution in [3.8, 4) is 0 Å². The van der Waals surface area contributed by atoms with Gasteiger partial charge in [-0.2, -0.15) is 0 Å². The van der Waals surface area contributed by atoms with Crippen molar-refractivity contribution >= 4 is 6.08 Å². The van der Waals surface area contributed by atoms with Crippen LogP contribution in [-0.2, 0) is 4.74 Å². The Morgan fingerprint density at radius 3 is 2.70 bits per heavy atom. The molecule has 2 fully saturated rings. The summed E-state index contributed by atoms with van der Waals surface area (Å²) in [6, 6.07) is 11.3. The SMILES string of the molecule is CCC(=Cc1ccccc1)[C@@H]1CC1NCC1(CN)CCOCC1. The van der Waals surface area contributed by atoms with E-state index in [1.165, 1.54) is 12.0 Å². The summed E-state index contributed by atoms with van der Waals surface area (Å²) in [6.07, 6.45) is 6.96. The molecule has 1 saturated carbocycles. The standard InChI is InChI=1S/C20H30N2O/c1-2-17(12-16-6-4-3-5-7-16)18-13-19(18)22-15-20(14-21)8-10-23-11-9-20/h3-7,12,18-19,22H,2,8-11,13-15,21H2,1H3/t18-,19?/m0/s1. The van der Waals surface area contributed by atoms with E-state index in [-0.39, 0.29) is 5.41 Å². The summed E-state index contributed by atoms with van der Waals surface area (Å²) in [4.78, 5) is 0. The molecule has 126 valence electrons. The lowest BCUT2D eigenvalue weighted by molar-refractivity contribution is 0.0190. The molecule has 1 heterocycles. The van der Waals surface area contributed by atoms with E-state index in [1.807, 2.05) is 0 Å². The second kappa shape index (κ2) is 7.61. The molecule has 23 heavy (non-hydrogen) atoms. The second-order valence-electron chi connectivity index (χ2n) is 7.13. The molecule has 0 bridgehead atoms. The largest absolute Gasteiger partial charge is 0.381 e. The molecular weight excluding hydrogens is 284 g/mol. The molecule has 0 aromatic heterocycles. The fraction of sp³-hybridized carbons (Fsp3) is 0.600. The van der Waals surface area contributed by atoms with Gasteiger partial charge in [0.2, 0.25) is 0 Å². The fourth-order valence-corrected chi connectivity index (χ4v) is 3.67. The lowest BCUT2D eigenvalue weighted by Gasteiger charge is -2.36. The van der Waals surface area contributed by atoms with Crippen molar-refractivity contribution in [3.05, 3.63) is 41.5 Å². The van der Waals surface area contributed by atoms with Gasteiger partial charge in [-0.25, -0.2) is 0 Å². The molecule has 3 rings (SSSR count). The average molecular weight is 314 g/mol. The summed E-state index contributed by atoms with van der Waals surface area (Å²) in [7, 11) is 0. The van der Waals surface area contributed by atoms with Gasteiger partial charge >= 0.3 is 0 Å². The monoisotopic (exact) mass is 314 g/mol. The van der Waals surface area contributed by atoms with Crippen LogP contribution in [0.2, 0.25) is 0 Å². The number of benzene rings is 1. The zero-order valence-corrected chi connectivity index (χ0v) is 14.3. The third-order valence-corrected chi connectivity index (χ3v) is 5.55. The van der Waals surface area contributed by atoms with E-state index in [0.717, 1.165) is 45.6 Å². The van der Waals surface area contributed by atoms with Crippen LogP contribution in [0.25, 0.3) is 6.08 Å². The van der Waals surface area contributed by atoms with Crippen LogP contribution >= 0.6 is 0 Å². The van der Waals surface area contributed by atoms with Crippen LogP contribution in [0, 0.1) is 11.3 Å². The molecule has 3 N–H and O–H groups in total. The molecule has 3 heteroatoms. The smallest absolute Gasteiger partial charge is 0.0472 e. The first-order chi connectivity index (χ1) is 11.3. The number of hydrogen-bond acceptors (Lipinski definition) is 3. The van der Waals surface area contributed by atoms with Crippen molar-refractivity contribution in [3.63, 3.8) is 0 Å². The molecule has 0 amide bonds. The van der Waals surface area contributed by atoms with Crippen molar-refractivity contribution in [2.24, 2.45) is 17.1 Å². The van der Waals surface area contributed by atoms with Gasteiger partial charge in [0.05, 0.1) is 0 Å². The lowest BCUT2D eigenvalue weighted by Crippen LogP contribution is -2.45.